The smallest absolute Gasteiger partial charge is 0.262 e. The van der Waals surface area contributed by atoms with E-state index in [1.165, 1.54) is 11.8 Å². The van der Waals surface area contributed by atoms with E-state index in [1.54, 1.807) is 35.8 Å². The van der Waals surface area contributed by atoms with E-state index in [1.807, 2.05) is 43.3 Å². The molecule has 0 bridgehead atoms. The molecule has 1 amide bonds. The van der Waals surface area contributed by atoms with Crippen molar-refractivity contribution in [1.82, 2.24) is 14.5 Å². The summed E-state index contributed by atoms with van der Waals surface area (Å²) in [6.07, 6.45) is -0.252. The van der Waals surface area contributed by atoms with Gasteiger partial charge in [0.25, 0.3) is 5.56 Å². The van der Waals surface area contributed by atoms with Gasteiger partial charge in [0.15, 0.2) is 22.8 Å². The molecule has 0 saturated heterocycles. The van der Waals surface area contributed by atoms with Gasteiger partial charge in [-0.1, -0.05) is 36.0 Å². The molecule has 2 atom stereocenters. The molecule has 3 aromatic rings. The fourth-order valence-electron chi connectivity index (χ4n) is 3.73. The summed E-state index contributed by atoms with van der Waals surface area (Å²) in [5.74, 6) is 1.45. The molecule has 0 aliphatic carbocycles. The number of ether oxygens (including phenoxy) is 3. The first-order valence-corrected chi connectivity index (χ1v) is 11.7. The molecule has 9 heteroatoms. The second-order valence-corrected chi connectivity index (χ2v) is 8.89. The highest BCUT2D eigenvalue weighted by Crippen LogP contribution is 2.31. The van der Waals surface area contributed by atoms with Crippen molar-refractivity contribution in [3.05, 3.63) is 58.9 Å². The Kier molecular flexibility index (Phi) is 7.20. The zero-order valence-electron chi connectivity index (χ0n) is 18.9. The quantitative estimate of drug-likeness (QED) is 0.370. The number of likely N-dealkylation sites (N-methyl/N-ethyl adjacent to an activating group) is 1. The van der Waals surface area contributed by atoms with Gasteiger partial charge >= 0.3 is 0 Å². The van der Waals surface area contributed by atoms with Gasteiger partial charge in [0.05, 0.1) is 35.8 Å². The van der Waals surface area contributed by atoms with E-state index < -0.39 is 0 Å². The second-order valence-electron chi connectivity index (χ2n) is 7.95. The minimum Gasteiger partial charge on any atom is -0.486 e. The van der Waals surface area contributed by atoms with Crippen LogP contribution in [0.25, 0.3) is 10.9 Å². The molecule has 0 radical (unpaired) electrons. The monoisotopic (exact) mass is 469 g/mol. The highest BCUT2D eigenvalue weighted by molar-refractivity contribution is 7.99. The number of carbonyl (C=O) groups is 1. The summed E-state index contributed by atoms with van der Waals surface area (Å²) >= 11 is 1.25. The number of fused-ring (bicyclic) bond motifs is 2. The largest absolute Gasteiger partial charge is 0.486 e. The van der Waals surface area contributed by atoms with Crippen molar-refractivity contribution >= 4 is 28.6 Å². The molecular formula is C24H27N3O5S. The van der Waals surface area contributed by atoms with Gasteiger partial charge in [-0.15, -0.1) is 0 Å². The Morgan fingerprint density at radius 2 is 1.97 bits per heavy atom. The Labute approximate surface area is 196 Å². The average molecular weight is 470 g/mol. The molecule has 8 nitrogen and oxygen atoms in total. The minimum absolute atomic E-state index is 0.0872. The number of para-hydroxylation sites is 3. The molecule has 33 heavy (non-hydrogen) atoms. The van der Waals surface area contributed by atoms with E-state index in [9.17, 15) is 9.59 Å². The topological polar surface area (TPSA) is 82.9 Å². The summed E-state index contributed by atoms with van der Waals surface area (Å²) < 4.78 is 18.6. The van der Waals surface area contributed by atoms with E-state index in [0.717, 1.165) is 0 Å². The normalized spacial score (nSPS) is 15.9. The predicted octanol–water partition coefficient (Wildman–Crippen LogP) is 2.99. The number of benzene rings is 2. The molecule has 1 aliphatic heterocycles. The van der Waals surface area contributed by atoms with E-state index in [0.29, 0.717) is 47.3 Å². The summed E-state index contributed by atoms with van der Waals surface area (Å²) in [5.41, 5.74) is 0.470. The predicted molar refractivity (Wildman–Crippen MR) is 127 cm³/mol. The highest BCUT2D eigenvalue weighted by Gasteiger charge is 2.24. The van der Waals surface area contributed by atoms with Crippen LogP contribution in [0.3, 0.4) is 0 Å². The Hall–Kier alpha value is -3.04. The van der Waals surface area contributed by atoms with Crippen LogP contribution in [0.15, 0.2) is 58.5 Å². The number of nitrogens with zero attached hydrogens (tertiary/aromatic N) is 3. The Morgan fingerprint density at radius 1 is 1.24 bits per heavy atom. The SMILES string of the molecule is COCC(C)n1c(SCC(=O)N(C)CC2COc3ccccc3O2)nc2ccccc2c1=O. The molecule has 2 aromatic carbocycles. The summed E-state index contributed by atoms with van der Waals surface area (Å²) in [4.78, 5) is 32.3. The molecule has 174 valence electrons. The van der Waals surface area contributed by atoms with E-state index >= 15 is 0 Å². The lowest BCUT2D eigenvalue weighted by Crippen LogP contribution is -2.42. The molecule has 1 aromatic heterocycles. The molecular weight excluding hydrogens is 442 g/mol. The van der Waals surface area contributed by atoms with Gasteiger partial charge in [0.1, 0.15) is 6.61 Å². The number of methoxy groups -OCH3 is 1. The molecule has 1 aliphatic rings. The molecule has 2 unspecified atom stereocenters. The van der Waals surface area contributed by atoms with Gasteiger partial charge in [0, 0.05) is 14.2 Å². The fraction of sp³-hybridized carbons (Fsp3) is 0.375. The lowest BCUT2D eigenvalue weighted by molar-refractivity contribution is -0.128. The molecule has 0 N–H and O–H groups in total. The standard InChI is InChI=1S/C24H27N3O5S/c1-16(13-30-3)27-23(29)18-8-4-5-9-19(18)25-24(27)33-15-22(28)26(2)12-17-14-31-20-10-6-7-11-21(20)32-17/h4-11,16-17H,12-15H2,1-3H3. The van der Waals surface area contributed by atoms with E-state index in [-0.39, 0.29) is 29.4 Å². The van der Waals surface area contributed by atoms with Crippen molar-refractivity contribution in [3.63, 3.8) is 0 Å². The summed E-state index contributed by atoms with van der Waals surface area (Å²) in [5, 5.41) is 1.04. The van der Waals surface area contributed by atoms with Gasteiger partial charge in [-0.05, 0) is 31.2 Å². The number of hydrogen-bond donors (Lipinski definition) is 0. The number of carbonyl (C=O) groups excluding carboxylic acids is 1. The second kappa shape index (κ2) is 10.3. The maximum Gasteiger partial charge on any atom is 0.262 e. The number of thioether (sulfide) groups is 1. The van der Waals surface area contributed by atoms with Crippen LogP contribution in [-0.4, -0.2) is 66.1 Å². The summed E-state index contributed by atoms with van der Waals surface area (Å²) in [7, 11) is 3.33. The number of amides is 1. The minimum atomic E-state index is -0.252. The summed E-state index contributed by atoms with van der Waals surface area (Å²) in [6.45, 7) is 3.04. The first kappa shape index (κ1) is 23.1. The molecule has 4 rings (SSSR count). The maximum absolute atomic E-state index is 13.1. The van der Waals surface area contributed by atoms with Crippen molar-refractivity contribution in [3.8, 4) is 11.5 Å². The zero-order chi connectivity index (χ0) is 23.4. The number of rotatable bonds is 8. The van der Waals surface area contributed by atoms with E-state index in [4.69, 9.17) is 14.2 Å². The first-order valence-electron chi connectivity index (χ1n) is 10.7. The van der Waals surface area contributed by atoms with Crippen molar-refractivity contribution in [1.29, 1.82) is 0 Å². The third kappa shape index (κ3) is 5.15. The van der Waals surface area contributed by atoms with Crippen LogP contribution < -0.4 is 15.0 Å². The van der Waals surface area contributed by atoms with E-state index in [2.05, 4.69) is 4.98 Å². The van der Waals surface area contributed by atoms with Crippen LogP contribution in [0.2, 0.25) is 0 Å². The van der Waals surface area contributed by atoms with Crippen LogP contribution >= 0.6 is 11.8 Å². The Balaban J connectivity index is 1.45. The van der Waals surface area contributed by atoms with Crippen molar-refractivity contribution in [2.24, 2.45) is 0 Å². The van der Waals surface area contributed by atoms with Gasteiger partial charge in [-0.25, -0.2) is 4.98 Å². The Morgan fingerprint density at radius 3 is 2.76 bits per heavy atom. The van der Waals surface area contributed by atoms with Gasteiger partial charge in [0.2, 0.25) is 5.91 Å². The van der Waals surface area contributed by atoms with Crippen molar-refractivity contribution < 1.29 is 19.0 Å². The third-order valence-electron chi connectivity index (χ3n) is 5.42. The number of aromatic nitrogens is 2. The summed E-state index contributed by atoms with van der Waals surface area (Å²) in [6, 6.07) is 14.5. The van der Waals surface area contributed by atoms with Crippen LogP contribution in [-0.2, 0) is 9.53 Å². The Bertz CT molecular complexity index is 1200. The fourth-order valence-corrected chi connectivity index (χ4v) is 4.77. The third-order valence-corrected chi connectivity index (χ3v) is 6.36. The van der Waals surface area contributed by atoms with Crippen molar-refractivity contribution in [2.75, 3.05) is 39.7 Å². The van der Waals surface area contributed by atoms with Gasteiger partial charge in [-0.2, -0.15) is 0 Å². The molecule has 0 saturated carbocycles. The van der Waals surface area contributed by atoms with Gasteiger partial charge < -0.3 is 19.1 Å². The van der Waals surface area contributed by atoms with Gasteiger partial charge in [-0.3, -0.25) is 14.2 Å². The molecule has 2 heterocycles. The zero-order valence-corrected chi connectivity index (χ0v) is 19.7. The van der Waals surface area contributed by atoms with Crippen LogP contribution in [0.5, 0.6) is 11.5 Å². The van der Waals surface area contributed by atoms with Crippen LogP contribution in [0.1, 0.15) is 13.0 Å². The average Bonchev–Trinajstić information content (AvgIpc) is 2.82. The first-order chi connectivity index (χ1) is 16.0. The number of hydrogen-bond acceptors (Lipinski definition) is 7. The van der Waals surface area contributed by atoms with Crippen molar-refractivity contribution in [2.45, 2.75) is 24.2 Å². The van der Waals surface area contributed by atoms with Crippen LogP contribution in [0, 0.1) is 0 Å². The maximum atomic E-state index is 13.1. The molecule has 0 fully saturated rings. The highest BCUT2D eigenvalue weighted by atomic mass is 32.2. The lowest BCUT2D eigenvalue weighted by Gasteiger charge is -2.29. The van der Waals surface area contributed by atoms with Crippen LogP contribution in [0.4, 0.5) is 0 Å². The lowest BCUT2D eigenvalue weighted by atomic mass is 10.2. The molecule has 0 spiro atoms.